The highest BCUT2D eigenvalue weighted by atomic mass is 32.2. The Labute approximate surface area is 179 Å². The molecule has 0 unspecified atom stereocenters. The van der Waals surface area contributed by atoms with Gasteiger partial charge in [-0.25, -0.2) is 13.1 Å². The molecule has 0 aromatic heterocycles. The lowest BCUT2D eigenvalue weighted by molar-refractivity contribution is -0.384. The van der Waals surface area contributed by atoms with Gasteiger partial charge in [-0.15, -0.1) is 0 Å². The zero-order valence-corrected chi connectivity index (χ0v) is 17.1. The fraction of sp³-hybridized carbons (Fsp3) is 0.0455. The van der Waals surface area contributed by atoms with Gasteiger partial charge in [0.05, 0.1) is 9.82 Å². The molecular formula is C22H19N3O5S. The smallest absolute Gasteiger partial charge is 0.270 e. The highest BCUT2D eigenvalue weighted by Crippen LogP contribution is 2.16. The van der Waals surface area contributed by atoms with Crippen LogP contribution in [-0.2, 0) is 21.4 Å². The second-order valence-electron chi connectivity index (χ2n) is 6.51. The molecule has 0 aliphatic rings. The van der Waals surface area contributed by atoms with Gasteiger partial charge < -0.3 is 5.32 Å². The van der Waals surface area contributed by atoms with Gasteiger partial charge in [0.15, 0.2) is 0 Å². The van der Waals surface area contributed by atoms with Gasteiger partial charge in [-0.2, -0.15) is 0 Å². The van der Waals surface area contributed by atoms with Crippen LogP contribution in [0.25, 0.3) is 6.08 Å². The average Bonchev–Trinajstić information content (AvgIpc) is 2.78. The fourth-order valence-electron chi connectivity index (χ4n) is 2.67. The molecule has 3 rings (SSSR count). The van der Waals surface area contributed by atoms with E-state index in [2.05, 4.69) is 10.0 Å². The summed E-state index contributed by atoms with van der Waals surface area (Å²) in [6.45, 7) is 0.171. The van der Waals surface area contributed by atoms with Crippen LogP contribution in [0.2, 0.25) is 0 Å². The lowest BCUT2D eigenvalue weighted by atomic mass is 10.2. The minimum atomic E-state index is -3.69. The van der Waals surface area contributed by atoms with E-state index in [0.717, 1.165) is 5.56 Å². The predicted octanol–water partition coefficient (Wildman–Crippen LogP) is 3.73. The summed E-state index contributed by atoms with van der Waals surface area (Å²) in [6, 6.07) is 20.8. The van der Waals surface area contributed by atoms with Crippen molar-refractivity contribution in [3.63, 3.8) is 0 Å². The number of hydrogen-bond donors (Lipinski definition) is 2. The summed E-state index contributed by atoms with van der Waals surface area (Å²) >= 11 is 0. The molecule has 0 heterocycles. The number of nitro groups is 1. The van der Waals surface area contributed by atoms with Crippen LogP contribution in [-0.4, -0.2) is 19.2 Å². The average molecular weight is 437 g/mol. The number of non-ortho nitro benzene ring substituents is 1. The van der Waals surface area contributed by atoms with Crippen molar-refractivity contribution in [1.29, 1.82) is 0 Å². The summed E-state index contributed by atoms with van der Waals surface area (Å²) in [5.74, 6) is -0.454. The van der Waals surface area contributed by atoms with Crippen LogP contribution in [0.1, 0.15) is 11.1 Å². The van der Waals surface area contributed by atoms with E-state index in [4.69, 9.17) is 0 Å². The molecule has 0 saturated heterocycles. The van der Waals surface area contributed by atoms with Crippen molar-refractivity contribution in [2.24, 2.45) is 0 Å². The number of benzene rings is 3. The van der Waals surface area contributed by atoms with E-state index >= 15 is 0 Å². The van der Waals surface area contributed by atoms with Crippen LogP contribution in [0.15, 0.2) is 89.8 Å². The van der Waals surface area contributed by atoms with E-state index in [1.807, 2.05) is 30.3 Å². The molecule has 0 radical (unpaired) electrons. The van der Waals surface area contributed by atoms with E-state index in [-0.39, 0.29) is 17.1 Å². The van der Waals surface area contributed by atoms with Gasteiger partial charge in [0.2, 0.25) is 15.9 Å². The van der Waals surface area contributed by atoms with Gasteiger partial charge in [0.25, 0.3) is 5.69 Å². The predicted molar refractivity (Wildman–Crippen MR) is 118 cm³/mol. The largest absolute Gasteiger partial charge is 0.323 e. The Morgan fingerprint density at radius 3 is 2.35 bits per heavy atom. The van der Waals surface area contributed by atoms with Crippen molar-refractivity contribution in [1.82, 2.24) is 4.72 Å². The molecule has 0 aliphatic heterocycles. The van der Waals surface area contributed by atoms with Crippen molar-refractivity contribution in [3.8, 4) is 0 Å². The first kappa shape index (κ1) is 21.9. The first-order chi connectivity index (χ1) is 14.8. The first-order valence-electron chi connectivity index (χ1n) is 9.21. The maximum atomic E-state index is 12.4. The summed E-state index contributed by atoms with van der Waals surface area (Å²) in [6.07, 6.45) is 2.69. The third kappa shape index (κ3) is 6.33. The molecule has 0 fully saturated rings. The van der Waals surface area contributed by atoms with Gasteiger partial charge >= 0.3 is 0 Å². The Balaban J connectivity index is 1.60. The summed E-state index contributed by atoms with van der Waals surface area (Å²) in [7, 11) is -3.69. The number of carbonyl (C=O) groups excluding carboxylic acids is 1. The number of amides is 1. The van der Waals surface area contributed by atoms with E-state index in [1.165, 1.54) is 54.6 Å². The van der Waals surface area contributed by atoms with Gasteiger partial charge in [-0.3, -0.25) is 14.9 Å². The number of sulfonamides is 1. The zero-order valence-electron chi connectivity index (χ0n) is 16.3. The molecule has 1 amide bonds. The Morgan fingerprint density at radius 2 is 1.68 bits per heavy atom. The first-order valence-corrected chi connectivity index (χ1v) is 10.7. The number of carbonyl (C=O) groups is 1. The molecule has 2 N–H and O–H groups in total. The molecule has 0 atom stereocenters. The number of anilines is 1. The zero-order chi connectivity index (χ0) is 22.3. The Bertz CT molecular complexity index is 1210. The molecule has 3 aromatic rings. The van der Waals surface area contributed by atoms with Crippen molar-refractivity contribution in [2.75, 3.05) is 5.32 Å². The molecule has 0 saturated carbocycles. The van der Waals surface area contributed by atoms with Crippen LogP contribution < -0.4 is 10.0 Å². The molecule has 158 valence electrons. The minimum absolute atomic E-state index is 0.0692. The molecule has 9 heteroatoms. The topological polar surface area (TPSA) is 118 Å². The van der Waals surface area contributed by atoms with E-state index < -0.39 is 20.9 Å². The molecule has 3 aromatic carbocycles. The van der Waals surface area contributed by atoms with Gasteiger partial charge in [0.1, 0.15) is 0 Å². The number of hydrogen-bond acceptors (Lipinski definition) is 5. The maximum Gasteiger partial charge on any atom is 0.270 e. The second kappa shape index (κ2) is 9.79. The maximum absolute atomic E-state index is 12.4. The molecule has 31 heavy (non-hydrogen) atoms. The van der Waals surface area contributed by atoms with Crippen molar-refractivity contribution < 1.29 is 18.1 Å². The lowest BCUT2D eigenvalue weighted by Gasteiger charge is -2.08. The summed E-state index contributed by atoms with van der Waals surface area (Å²) < 4.78 is 27.4. The second-order valence-corrected chi connectivity index (χ2v) is 8.28. The summed E-state index contributed by atoms with van der Waals surface area (Å²) in [5.41, 5.74) is 1.69. The molecule has 8 nitrogen and oxygen atoms in total. The van der Waals surface area contributed by atoms with Crippen LogP contribution >= 0.6 is 0 Å². The summed E-state index contributed by atoms with van der Waals surface area (Å²) in [4.78, 5) is 22.4. The minimum Gasteiger partial charge on any atom is -0.323 e. The van der Waals surface area contributed by atoms with Crippen LogP contribution in [0.3, 0.4) is 0 Å². The molecule has 0 aliphatic carbocycles. The standard InChI is InChI=1S/C22H19N3O5S/c26-22(14-9-17-7-4-8-20(15-17)25(27)28)24-19-10-12-21(13-11-19)31(29,30)23-16-18-5-2-1-3-6-18/h1-15,23H,16H2,(H,24,26)/b14-9+. The van der Waals surface area contributed by atoms with Crippen molar-refractivity contribution in [3.05, 3.63) is 106 Å². The number of nitrogens with one attached hydrogen (secondary N) is 2. The monoisotopic (exact) mass is 437 g/mol. The van der Waals surface area contributed by atoms with Crippen LogP contribution in [0.5, 0.6) is 0 Å². The fourth-order valence-corrected chi connectivity index (χ4v) is 3.69. The molecular weight excluding hydrogens is 418 g/mol. The Hall–Kier alpha value is -3.82. The number of nitrogens with zero attached hydrogens (tertiary/aromatic N) is 1. The van der Waals surface area contributed by atoms with E-state index in [0.29, 0.717) is 11.3 Å². The molecule has 0 spiro atoms. The number of rotatable bonds is 8. The van der Waals surface area contributed by atoms with Gasteiger partial charge in [0, 0.05) is 30.4 Å². The highest BCUT2D eigenvalue weighted by Gasteiger charge is 2.13. The number of nitro benzene ring substituents is 1. The quantitative estimate of drug-likeness (QED) is 0.316. The highest BCUT2D eigenvalue weighted by molar-refractivity contribution is 7.89. The Kier molecular flexibility index (Phi) is 6.91. The van der Waals surface area contributed by atoms with Gasteiger partial charge in [-0.1, -0.05) is 42.5 Å². The van der Waals surface area contributed by atoms with Crippen LogP contribution in [0.4, 0.5) is 11.4 Å². The third-order valence-electron chi connectivity index (χ3n) is 4.25. The van der Waals surface area contributed by atoms with E-state index in [9.17, 15) is 23.3 Å². The van der Waals surface area contributed by atoms with Crippen molar-refractivity contribution in [2.45, 2.75) is 11.4 Å². The summed E-state index contributed by atoms with van der Waals surface area (Å²) in [5, 5.41) is 13.4. The SMILES string of the molecule is O=C(/C=C/c1cccc([N+](=O)[O-])c1)Nc1ccc(S(=O)(=O)NCc2ccccc2)cc1. The van der Waals surface area contributed by atoms with Crippen molar-refractivity contribution >= 4 is 33.4 Å². The molecule has 0 bridgehead atoms. The van der Waals surface area contributed by atoms with Gasteiger partial charge in [-0.05, 0) is 41.5 Å². The lowest BCUT2D eigenvalue weighted by Crippen LogP contribution is -2.23. The Morgan fingerprint density at radius 1 is 0.968 bits per heavy atom. The van der Waals surface area contributed by atoms with Crippen LogP contribution in [0, 0.1) is 10.1 Å². The normalized spacial score (nSPS) is 11.4. The van der Waals surface area contributed by atoms with E-state index in [1.54, 1.807) is 6.07 Å². The third-order valence-corrected chi connectivity index (χ3v) is 5.67.